The monoisotopic (exact) mass is 244 g/mol. The minimum Gasteiger partial charge on any atom is -0.481 e. The summed E-state index contributed by atoms with van der Waals surface area (Å²) in [6.07, 6.45) is 1.65. The topological polar surface area (TPSA) is 130 Å². The highest BCUT2D eigenvalue weighted by molar-refractivity contribution is 6.31. The van der Waals surface area contributed by atoms with E-state index in [1.807, 2.05) is 0 Å². The van der Waals surface area contributed by atoms with E-state index < -0.39 is 30.2 Å². The van der Waals surface area contributed by atoms with E-state index in [-0.39, 0.29) is 6.42 Å². The van der Waals surface area contributed by atoms with Gasteiger partial charge in [0.05, 0.1) is 6.21 Å². The fourth-order valence-electron chi connectivity index (χ4n) is 1.11. The molecule has 7 nitrogen and oxygen atoms in total. The van der Waals surface area contributed by atoms with Gasteiger partial charge < -0.3 is 15.9 Å². The Morgan fingerprint density at radius 3 is 2.35 bits per heavy atom. The van der Waals surface area contributed by atoms with Crippen LogP contribution in [-0.2, 0) is 14.4 Å². The third-order valence-electron chi connectivity index (χ3n) is 1.94. The predicted molar refractivity (Wildman–Crippen MR) is 60.1 cm³/mol. The first-order chi connectivity index (χ1) is 7.97. The molecule has 0 aromatic heterocycles. The minimum atomic E-state index is -1.27. The molecule has 0 aliphatic heterocycles. The Kier molecular flexibility index (Phi) is 7.53. The van der Waals surface area contributed by atoms with Crippen LogP contribution >= 0.6 is 0 Å². The third kappa shape index (κ3) is 8.09. The number of hydrogen-bond donors (Lipinski definition) is 3. The number of Topliss-reactive ketones (excluding diaryl/α,β-unsaturated/α-hetero) is 1. The van der Waals surface area contributed by atoms with Crippen LogP contribution in [0, 0.1) is 0 Å². The van der Waals surface area contributed by atoms with Crippen molar-refractivity contribution in [3.63, 3.8) is 0 Å². The largest absolute Gasteiger partial charge is 0.481 e. The number of ketones is 1. The average molecular weight is 244 g/mol. The molecule has 0 aromatic carbocycles. The molecular weight excluding hydrogens is 228 g/mol. The van der Waals surface area contributed by atoms with Crippen molar-refractivity contribution >= 4 is 23.9 Å². The summed E-state index contributed by atoms with van der Waals surface area (Å²) >= 11 is 0. The van der Waals surface area contributed by atoms with Gasteiger partial charge >= 0.3 is 11.9 Å². The zero-order chi connectivity index (χ0) is 13.3. The number of nitrogens with two attached hydrogens (primary N) is 1. The summed E-state index contributed by atoms with van der Waals surface area (Å²) in [6, 6.07) is -1.01. The van der Waals surface area contributed by atoms with Crippen molar-refractivity contribution in [3.8, 4) is 0 Å². The van der Waals surface area contributed by atoms with Gasteiger partial charge in [-0.3, -0.25) is 14.6 Å². The van der Waals surface area contributed by atoms with Crippen LogP contribution in [0.25, 0.3) is 0 Å². The number of carboxylic acids is 2. The van der Waals surface area contributed by atoms with Crippen LogP contribution in [0.2, 0.25) is 0 Å². The van der Waals surface area contributed by atoms with Gasteiger partial charge in [0.25, 0.3) is 0 Å². The van der Waals surface area contributed by atoms with Crippen molar-refractivity contribution in [2.75, 3.05) is 6.54 Å². The van der Waals surface area contributed by atoms with E-state index in [1.165, 1.54) is 0 Å². The summed E-state index contributed by atoms with van der Waals surface area (Å²) in [6.45, 7) is 0.466. The number of aliphatic imine (C=N–C) groups is 1. The van der Waals surface area contributed by atoms with Crippen LogP contribution < -0.4 is 5.73 Å². The molecule has 0 bridgehead atoms. The quantitative estimate of drug-likeness (QED) is 0.289. The Balaban J connectivity index is 4.23. The second-order valence-corrected chi connectivity index (χ2v) is 3.45. The van der Waals surface area contributed by atoms with E-state index in [0.29, 0.717) is 19.4 Å². The maximum absolute atomic E-state index is 11.0. The van der Waals surface area contributed by atoms with Crippen LogP contribution in [-0.4, -0.2) is 46.7 Å². The fraction of sp³-hybridized carbons (Fsp3) is 0.600. The van der Waals surface area contributed by atoms with Crippen LogP contribution in [0.3, 0.4) is 0 Å². The van der Waals surface area contributed by atoms with Crippen LogP contribution in [0.5, 0.6) is 0 Å². The molecule has 0 aromatic rings. The maximum Gasteiger partial charge on any atom is 0.328 e. The van der Waals surface area contributed by atoms with Gasteiger partial charge in [0.1, 0.15) is 12.5 Å². The SMILES string of the molecule is NCCCCC(N=CC(=O)CC(=O)O)C(=O)O. The van der Waals surface area contributed by atoms with Gasteiger partial charge in [0.2, 0.25) is 0 Å². The first-order valence-electron chi connectivity index (χ1n) is 5.18. The molecule has 0 radical (unpaired) electrons. The number of aliphatic carboxylic acids is 2. The molecule has 96 valence electrons. The Labute approximate surface area is 98.3 Å². The summed E-state index contributed by atoms with van der Waals surface area (Å²) < 4.78 is 0. The van der Waals surface area contributed by atoms with Gasteiger partial charge in [-0.05, 0) is 25.8 Å². The van der Waals surface area contributed by atoms with Crippen LogP contribution in [0.15, 0.2) is 4.99 Å². The first-order valence-corrected chi connectivity index (χ1v) is 5.18. The summed E-state index contributed by atoms with van der Waals surface area (Å²) in [5.74, 6) is -3.12. The normalized spacial score (nSPS) is 12.5. The second kappa shape index (κ2) is 8.40. The number of carboxylic acid groups (broad SMARTS) is 2. The molecule has 0 saturated heterocycles. The first kappa shape index (κ1) is 15.2. The smallest absolute Gasteiger partial charge is 0.328 e. The molecule has 1 atom stereocenters. The lowest BCUT2D eigenvalue weighted by Crippen LogP contribution is -2.20. The summed E-state index contributed by atoms with van der Waals surface area (Å²) in [7, 11) is 0. The molecule has 0 amide bonds. The summed E-state index contributed by atoms with van der Waals surface area (Å²) in [5, 5.41) is 17.1. The zero-order valence-corrected chi connectivity index (χ0v) is 9.33. The standard InChI is InChI=1S/C10H16N2O5/c11-4-2-1-3-8(10(16)17)12-6-7(13)5-9(14)15/h6,8H,1-5,11H2,(H,14,15)(H,16,17). The molecule has 1 unspecified atom stereocenters. The Morgan fingerprint density at radius 2 is 1.88 bits per heavy atom. The van der Waals surface area contributed by atoms with Gasteiger partial charge in [-0.2, -0.15) is 0 Å². The molecule has 0 saturated carbocycles. The summed E-state index contributed by atoms with van der Waals surface area (Å²) in [4.78, 5) is 35.5. The lowest BCUT2D eigenvalue weighted by atomic mass is 10.1. The van der Waals surface area contributed by atoms with E-state index in [0.717, 1.165) is 6.21 Å². The van der Waals surface area contributed by atoms with Crippen molar-refractivity contribution in [1.29, 1.82) is 0 Å². The Hall–Kier alpha value is -1.76. The lowest BCUT2D eigenvalue weighted by molar-refractivity contribution is -0.139. The van der Waals surface area contributed by atoms with Crippen molar-refractivity contribution in [2.45, 2.75) is 31.7 Å². The average Bonchev–Trinajstić information content (AvgIpc) is 2.21. The predicted octanol–water partition coefficient (Wildman–Crippen LogP) is -0.317. The van der Waals surface area contributed by atoms with Crippen molar-refractivity contribution in [2.24, 2.45) is 10.7 Å². The van der Waals surface area contributed by atoms with E-state index in [2.05, 4.69) is 4.99 Å². The molecular formula is C10H16N2O5. The maximum atomic E-state index is 11.0. The molecule has 0 aliphatic rings. The second-order valence-electron chi connectivity index (χ2n) is 3.45. The number of carbonyl (C=O) groups is 3. The number of carbonyl (C=O) groups excluding carboxylic acids is 1. The third-order valence-corrected chi connectivity index (χ3v) is 1.94. The van der Waals surface area contributed by atoms with Crippen LogP contribution in [0.4, 0.5) is 0 Å². The van der Waals surface area contributed by atoms with E-state index >= 15 is 0 Å². The number of rotatable bonds is 9. The Bertz CT molecular complexity index is 314. The molecule has 0 rings (SSSR count). The van der Waals surface area contributed by atoms with Crippen molar-refractivity contribution < 1.29 is 24.6 Å². The van der Waals surface area contributed by atoms with Gasteiger partial charge in [0, 0.05) is 0 Å². The molecule has 17 heavy (non-hydrogen) atoms. The zero-order valence-electron chi connectivity index (χ0n) is 9.33. The highest BCUT2D eigenvalue weighted by Gasteiger charge is 2.15. The van der Waals surface area contributed by atoms with Crippen molar-refractivity contribution in [1.82, 2.24) is 0 Å². The van der Waals surface area contributed by atoms with E-state index in [9.17, 15) is 14.4 Å². The van der Waals surface area contributed by atoms with E-state index in [1.54, 1.807) is 0 Å². The van der Waals surface area contributed by atoms with Gasteiger partial charge in [-0.1, -0.05) is 0 Å². The molecule has 0 fully saturated rings. The minimum absolute atomic E-state index is 0.281. The van der Waals surface area contributed by atoms with Crippen molar-refractivity contribution in [3.05, 3.63) is 0 Å². The van der Waals surface area contributed by atoms with Gasteiger partial charge in [-0.15, -0.1) is 0 Å². The number of nitrogens with zero attached hydrogens (tertiary/aromatic N) is 1. The van der Waals surface area contributed by atoms with Gasteiger partial charge in [-0.25, -0.2) is 4.79 Å². The number of hydrogen-bond acceptors (Lipinski definition) is 5. The Morgan fingerprint density at radius 1 is 1.24 bits per heavy atom. The molecule has 0 spiro atoms. The fourth-order valence-corrected chi connectivity index (χ4v) is 1.11. The highest BCUT2D eigenvalue weighted by Crippen LogP contribution is 2.04. The van der Waals surface area contributed by atoms with E-state index in [4.69, 9.17) is 15.9 Å². The molecule has 0 aliphatic carbocycles. The molecule has 4 N–H and O–H groups in total. The van der Waals surface area contributed by atoms with Crippen LogP contribution in [0.1, 0.15) is 25.7 Å². The summed E-state index contributed by atoms with van der Waals surface area (Å²) in [5.41, 5.74) is 5.26. The molecule has 7 heteroatoms. The molecule has 0 heterocycles. The van der Waals surface area contributed by atoms with Gasteiger partial charge in [0.15, 0.2) is 5.78 Å². The highest BCUT2D eigenvalue weighted by atomic mass is 16.4. The lowest BCUT2D eigenvalue weighted by Gasteiger charge is -2.05. The number of unbranched alkanes of at least 4 members (excludes halogenated alkanes) is 1.